The van der Waals surface area contributed by atoms with E-state index in [2.05, 4.69) is 0 Å². The van der Waals surface area contributed by atoms with Gasteiger partial charge in [0, 0.05) is 28.7 Å². The molecule has 2 heterocycles. The highest BCUT2D eigenvalue weighted by Crippen LogP contribution is 2.50. The van der Waals surface area contributed by atoms with Gasteiger partial charge in [-0.05, 0) is 30.3 Å². The summed E-state index contributed by atoms with van der Waals surface area (Å²) in [5.41, 5.74) is 2.40. The molecule has 2 aliphatic heterocycles. The van der Waals surface area contributed by atoms with Gasteiger partial charge in [0.05, 0.1) is 40.4 Å². The number of para-hydroxylation sites is 1. The van der Waals surface area contributed by atoms with Gasteiger partial charge in [-0.1, -0.05) is 18.2 Å². The molecule has 0 aliphatic carbocycles. The number of ketones is 1. The van der Waals surface area contributed by atoms with E-state index in [-0.39, 0.29) is 23.9 Å². The fourth-order valence-electron chi connectivity index (χ4n) is 4.63. The van der Waals surface area contributed by atoms with Crippen molar-refractivity contribution in [2.45, 2.75) is 12.3 Å². The van der Waals surface area contributed by atoms with E-state index in [4.69, 9.17) is 28.4 Å². The topological polar surface area (TPSA) is 89.5 Å². The van der Waals surface area contributed by atoms with E-state index in [0.717, 1.165) is 5.56 Å². The summed E-state index contributed by atoms with van der Waals surface area (Å²) in [5, 5.41) is 0. The third kappa shape index (κ3) is 3.80. The molecule has 3 aromatic carbocycles. The Labute approximate surface area is 207 Å². The lowest BCUT2D eigenvalue weighted by Crippen LogP contribution is -2.22. The molecule has 5 rings (SSSR count). The molecule has 8 heteroatoms. The molecule has 0 amide bonds. The van der Waals surface area contributed by atoms with Crippen LogP contribution >= 0.6 is 0 Å². The smallest absolute Gasteiger partial charge is 0.312 e. The van der Waals surface area contributed by atoms with Gasteiger partial charge in [0.1, 0.15) is 23.0 Å². The highest BCUT2D eigenvalue weighted by atomic mass is 16.5. The van der Waals surface area contributed by atoms with Crippen molar-refractivity contribution in [3.8, 4) is 34.5 Å². The molecular formula is C28H24O8. The molecule has 1 atom stereocenters. The van der Waals surface area contributed by atoms with Gasteiger partial charge in [-0.3, -0.25) is 9.59 Å². The molecule has 8 nitrogen and oxygen atoms in total. The summed E-state index contributed by atoms with van der Waals surface area (Å²) in [5.74, 6) is 1.86. The quantitative estimate of drug-likeness (QED) is 0.278. The van der Waals surface area contributed by atoms with E-state index in [1.807, 2.05) is 24.3 Å². The van der Waals surface area contributed by atoms with Crippen molar-refractivity contribution >= 4 is 17.8 Å². The number of hydrogen-bond acceptors (Lipinski definition) is 8. The molecule has 3 aromatic rings. The zero-order valence-electron chi connectivity index (χ0n) is 20.2. The van der Waals surface area contributed by atoms with E-state index in [1.54, 1.807) is 37.5 Å². The van der Waals surface area contributed by atoms with E-state index >= 15 is 0 Å². The third-order valence-electron chi connectivity index (χ3n) is 6.32. The SMILES string of the molecule is COc1cc(OC)c(OC)cc1C=C1Oc2c(ccc3c2C(c2ccccc2OC)CC(=O)O3)C1=O. The summed E-state index contributed by atoms with van der Waals surface area (Å²) in [4.78, 5) is 25.8. The number of carbonyl (C=O) groups excluding carboxylic acids is 2. The second-order valence-electron chi connectivity index (χ2n) is 8.22. The van der Waals surface area contributed by atoms with Gasteiger partial charge >= 0.3 is 5.97 Å². The molecule has 0 N–H and O–H groups in total. The minimum atomic E-state index is -0.407. The van der Waals surface area contributed by atoms with Gasteiger partial charge in [0.2, 0.25) is 5.78 Å². The van der Waals surface area contributed by atoms with Crippen LogP contribution in [0.3, 0.4) is 0 Å². The average Bonchev–Trinajstić information content (AvgIpc) is 3.22. The van der Waals surface area contributed by atoms with Gasteiger partial charge in [-0.15, -0.1) is 0 Å². The molecule has 1 unspecified atom stereocenters. The molecule has 0 fully saturated rings. The Morgan fingerprint density at radius 2 is 1.50 bits per heavy atom. The van der Waals surface area contributed by atoms with Crippen LogP contribution in [0.1, 0.15) is 39.4 Å². The molecule has 0 spiro atoms. The Kier molecular flexibility index (Phi) is 6.01. The highest BCUT2D eigenvalue weighted by molar-refractivity contribution is 6.15. The maximum absolute atomic E-state index is 13.4. The first-order valence-electron chi connectivity index (χ1n) is 11.2. The number of rotatable bonds is 6. The van der Waals surface area contributed by atoms with Gasteiger partial charge in [0.15, 0.2) is 17.3 Å². The summed E-state index contributed by atoms with van der Waals surface area (Å²) in [6.45, 7) is 0. The number of allylic oxidation sites excluding steroid dienone is 1. The molecule has 2 aliphatic rings. The number of esters is 1. The second kappa shape index (κ2) is 9.30. The van der Waals surface area contributed by atoms with Crippen LogP contribution in [0.15, 0.2) is 54.3 Å². The fraction of sp³-hybridized carbons (Fsp3) is 0.214. The zero-order chi connectivity index (χ0) is 25.4. The molecule has 184 valence electrons. The Balaban J connectivity index is 1.62. The van der Waals surface area contributed by atoms with E-state index in [9.17, 15) is 9.59 Å². The Hall–Kier alpha value is -4.46. The van der Waals surface area contributed by atoms with Crippen molar-refractivity contribution in [3.63, 3.8) is 0 Å². The summed E-state index contributed by atoms with van der Waals surface area (Å²) >= 11 is 0. The number of carbonyl (C=O) groups is 2. The van der Waals surface area contributed by atoms with Crippen molar-refractivity contribution in [2.24, 2.45) is 0 Å². The highest BCUT2D eigenvalue weighted by Gasteiger charge is 2.39. The van der Waals surface area contributed by atoms with Crippen LogP contribution in [0.4, 0.5) is 0 Å². The van der Waals surface area contributed by atoms with Crippen molar-refractivity contribution in [1.29, 1.82) is 0 Å². The van der Waals surface area contributed by atoms with Gasteiger partial charge in [-0.2, -0.15) is 0 Å². The van der Waals surface area contributed by atoms with Crippen LogP contribution in [-0.4, -0.2) is 40.2 Å². The maximum atomic E-state index is 13.4. The van der Waals surface area contributed by atoms with Crippen molar-refractivity contribution < 1.29 is 38.0 Å². The molecule has 0 radical (unpaired) electrons. The Bertz CT molecular complexity index is 1400. The van der Waals surface area contributed by atoms with Gasteiger partial charge < -0.3 is 28.4 Å². The number of benzene rings is 3. The molecular weight excluding hydrogens is 464 g/mol. The van der Waals surface area contributed by atoms with Crippen molar-refractivity contribution in [3.05, 3.63) is 76.5 Å². The lowest BCUT2D eigenvalue weighted by Gasteiger charge is -2.27. The van der Waals surface area contributed by atoms with E-state index < -0.39 is 5.92 Å². The average molecular weight is 488 g/mol. The Morgan fingerprint density at radius 1 is 0.806 bits per heavy atom. The predicted molar refractivity (Wildman–Crippen MR) is 131 cm³/mol. The lowest BCUT2D eigenvalue weighted by atomic mass is 9.84. The standard InChI is InChI=1S/C28H24O8/c1-31-19-8-6-5-7-16(19)18-13-25(29)35-20-10-9-17-27(30)24(36-28(17)26(18)20)12-15-11-22(33-3)23(34-4)14-21(15)32-2/h5-12,14,18H,13H2,1-4H3. The molecule has 36 heavy (non-hydrogen) atoms. The lowest BCUT2D eigenvalue weighted by molar-refractivity contribution is -0.135. The number of fused-ring (bicyclic) bond motifs is 3. The number of hydrogen-bond donors (Lipinski definition) is 0. The van der Waals surface area contributed by atoms with Crippen LogP contribution in [0, 0.1) is 0 Å². The van der Waals surface area contributed by atoms with Crippen molar-refractivity contribution in [2.75, 3.05) is 28.4 Å². The fourth-order valence-corrected chi connectivity index (χ4v) is 4.63. The largest absolute Gasteiger partial charge is 0.496 e. The van der Waals surface area contributed by atoms with Gasteiger partial charge in [0.25, 0.3) is 0 Å². The summed E-state index contributed by atoms with van der Waals surface area (Å²) in [6.07, 6.45) is 1.69. The minimum Gasteiger partial charge on any atom is -0.496 e. The molecule has 0 bridgehead atoms. The van der Waals surface area contributed by atoms with E-state index in [1.165, 1.54) is 21.3 Å². The first-order chi connectivity index (χ1) is 17.5. The second-order valence-corrected chi connectivity index (χ2v) is 8.22. The van der Waals surface area contributed by atoms with Crippen LogP contribution in [0.2, 0.25) is 0 Å². The summed E-state index contributed by atoms with van der Waals surface area (Å²) in [7, 11) is 6.16. The monoisotopic (exact) mass is 488 g/mol. The minimum absolute atomic E-state index is 0.0872. The van der Waals surface area contributed by atoms with Crippen LogP contribution < -0.4 is 28.4 Å². The molecule has 0 saturated carbocycles. The number of ether oxygens (including phenoxy) is 6. The van der Waals surface area contributed by atoms with Gasteiger partial charge in [-0.25, -0.2) is 0 Å². The third-order valence-corrected chi connectivity index (χ3v) is 6.32. The number of Topliss-reactive ketones (excluding diaryl/α,β-unsaturated/α-hetero) is 1. The predicted octanol–water partition coefficient (Wildman–Crippen LogP) is 4.78. The van der Waals surface area contributed by atoms with Crippen LogP contribution in [0.5, 0.6) is 34.5 Å². The first-order valence-corrected chi connectivity index (χ1v) is 11.2. The summed E-state index contributed by atoms with van der Waals surface area (Å²) < 4.78 is 33.5. The Morgan fingerprint density at radius 3 is 2.22 bits per heavy atom. The first kappa shape index (κ1) is 23.3. The van der Waals surface area contributed by atoms with Crippen LogP contribution in [-0.2, 0) is 4.79 Å². The normalized spacial score (nSPS) is 17.1. The van der Waals surface area contributed by atoms with E-state index in [0.29, 0.717) is 51.2 Å². The molecule has 0 saturated heterocycles. The number of methoxy groups -OCH3 is 4. The zero-order valence-corrected chi connectivity index (χ0v) is 20.2. The van der Waals surface area contributed by atoms with Crippen LogP contribution in [0.25, 0.3) is 6.08 Å². The molecule has 0 aromatic heterocycles. The maximum Gasteiger partial charge on any atom is 0.312 e. The summed E-state index contributed by atoms with van der Waals surface area (Å²) in [6, 6.07) is 14.1. The van der Waals surface area contributed by atoms with Crippen molar-refractivity contribution in [1.82, 2.24) is 0 Å².